The number of aromatic nitrogens is 2. The standard InChI is InChI=1S/C12H12F3N3O2S/c1-5(2)8-4-7(6(3)20-8)9(19)16-11-18-17-10(21-11)12(13,14)15/h4-5H,1-3H3,(H,16,18,19). The van der Waals surface area contributed by atoms with Crippen LogP contribution in [0.2, 0.25) is 0 Å². The number of halogens is 3. The van der Waals surface area contributed by atoms with Crippen molar-refractivity contribution in [2.45, 2.75) is 32.9 Å². The lowest BCUT2D eigenvalue weighted by Crippen LogP contribution is -2.11. The van der Waals surface area contributed by atoms with Crippen molar-refractivity contribution in [3.8, 4) is 0 Å². The molecule has 0 aliphatic rings. The predicted molar refractivity (Wildman–Crippen MR) is 70.4 cm³/mol. The van der Waals surface area contributed by atoms with Gasteiger partial charge in [-0.25, -0.2) is 0 Å². The third-order valence-electron chi connectivity index (χ3n) is 2.64. The fraction of sp³-hybridized carbons (Fsp3) is 0.417. The zero-order valence-electron chi connectivity index (χ0n) is 11.4. The molecule has 2 heterocycles. The highest BCUT2D eigenvalue weighted by atomic mass is 32.1. The molecule has 0 spiro atoms. The quantitative estimate of drug-likeness (QED) is 0.933. The van der Waals surface area contributed by atoms with E-state index in [1.807, 2.05) is 13.8 Å². The zero-order valence-corrected chi connectivity index (χ0v) is 12.2. The van der Waals surface area contributed by atoms with Crippen LogP contribution in [0.4, 0.5) is 18.3 Å². The first kappa shape index (κ1) is 15.5. The number of rotatable bonds is 3. The van der Waals surface area contributed by atoms with Crippen LogP contribution in [0.1, 0.15) is 46.7 Å². The summed E-state index contributed by atoms with van der Waals surface area (Å²) in [7, 11) is 0. The number of anilines is 1. The number of aryl methyl sites for hydroxylation is 1. The Labute approximate surface area is 122 Å². The zero-order chi connectivity index (χ0) is 15.8. The monoisotopic (exact) mass is 319 g/mol. The summed E-state index contributed by atoms with van der Waals surface area (Å²) >= 11 is 0.272. The molecule has 0 aromatic carbocycles. The highest BCUT2D eigenvalue weighted by molar-refractivity contribution is 7.15. The molecule has 1 N–H and O–H groups in total. The Morgan fingerprint density at radius 1 is 1.38 bits per heavy atom. The maximum absolute atomic E-state index is 12.4. The minimum Gasteiger partial charge on any atom is -0.465 e. The van der Waals surface area contributed by atoms with Gasteiger partial charge in [0.2, 0.25) is 10.1 Å². The third kappa shape index (κ3) is 3.41. The lowest BCUT2D eigenvalue weighted by Gasteiger charge is -1.99. The lowest BCUT2D eigenvalue weighted by molar-refractivity contribution is -0.138. The van der Waals surface area contributed by atoms with Crippen LogP contribution >= 0.6 is 11.3 Å². The molecule has 1 amide bonds. The van der Waals surface area contributed by atoms with Crippen molar-refractivity contribution < 1.29 is 22.4 Å². The number of carbonyl (C=O) groups excluding carboxylic acids is 1. The van der Waals surface area contributed by atoms with E-state index < -0.39 is 17.1 Å². The molecular formula is C12H12F3N3O2S. The molecule has 2 rings (SSSR count). The molecule has 114 valence electrons. The summed E-state index contributed by atoms with van der Waals surface area (Å²) in [6.45, 7) is 5.42. The van der Waals surface area contributed by atoms with Crippen molar-refractivity contribution >= 4 is 22.4 Å². The molecule has 0 bridgehead atoms. The maximum atomic E-state index is 12.4. The van der Waals surface area contributed by atoms with Gasteiger partial charge in [0.25, 0.3) is 5.91 Å². The van der Waals surface area contributed by atoms with E-state index in [-0.39, 0.29) is 27.9 Å². The van der Waals surface area contributed by atoms with Crippen LogP contribution in [0.5, 0.6) is 0 Å². The molecule has 0 unspecified atom stereocenters. The summed E-state index contributed by atoms with van der Waals surface area (Å²) in [4.78, 5) is 12.0. The minimum absolute atomic E-state index is 0.101. The van der Waals surface area contributed by atoms with Crippen LogP contribution < -0.4 is 5.32 Å². The number of nitrogens with one attached hydrogen (secondary N) is 1. The van der Waals surface area contributed by atoms with Crippen LogP contribution in [0.25, 0.3) is 0 Å². The average Bonchev–Trinajstić information content (AvgIpc) is 2.94. The number of hydrogen-bond acceptors (Lipinski definition) is 5. The number of nitrogens with zero attached hydrogens (tertiary/aromatic N) is 2. The number of amides is 1. The molecule has 0 aliphatic carbocycles. The molecule has 0 atom stereocenters. The van der Waals surface area contributed by atoms with Crippen LogP contribution in [0.3, 0.4) is 0 Å². The van der Waals surface area contributed by atoms with Crippen LogP contribution in [0.15, 0.2) is 10.5 Å². The van der Waals surface area contributed by atoms with Crippen molar-refractivity contribution in [1.29, 1.82) is 0 Å². The Bertz CT molecular complexity index is 661. The van der Waals surface area contributed by atoms with Gasteiger partial charge in [-0.1, -0.05) is 25.2 Å². The predicted octanol–water partition coefficient (Wildman–Crippen LogP) is 3.83. The first-order valence-electron chi connectivity index (χ1n) is 6.01. The van der Waals surface area contributed by atoms with Gasteiger partial charge in [-0.15, -0.1) is 10.2 Å². The molecule has 0 aliphatic heterocycles. The summed E-state index contributed by atoms with van der Waals surface area (Å²) in [5.74, 6) is 0.555. The Morgan fingerprint density at radius 2 is 2.05 bits per heavy atom. The topological polar surface area (TPSA) is 68.0 Å². The Kier molecular flexibility index (Phi) is 4.04. The van der Waals surface area contributed by atoms with Gasteiger partial charge < -0.3 is 4.42 Å². The summed E-state index contributed by atoms with van der Waals surface area (Å²) in [6, 6.07) is 1.57. The number of hydrogen-bond donors (Lipinski definition) is 1. The Morgan fingerprint density at radius 3 is 2.52 bits per heavy atom. The summed E-state index contributed by atoms with van der Waals surface area (Å²) in [6.07, 6.45) is -4.57. The van der Waals surface area contributed by atoms with E-state index in [4.69, 9.17) is 4.42 Å². The summed E-state index contributed by atoms with van der Waals surface area (Å²) in [5.41, 5.74) is 0.266. The normalized spacial score (nSPS) is 12.0. The molecule has 5 nitrogen and oxygen atoms in total. The van der Waals surface area contributed by atoms with E-state index in [1.54, 1.807) is 13.0 Å². The molecule has 0 fully saturated rings. The SMILES string of the molecule is Cc1oc(C(C)C)cc1C(=O)Nc1nnc(C(F)(F)F)s1. The molecule has 2 aromatic heterocycles. The fourth-order valence-electron chi connectivity index (χ4n) is 1.57. The largest absolute Gasteiger partial charge is 0.465 e. The molecular weight excluding hydrogens is 307 g/mol. The van der Waals surface area contributed by atoms with E-state index in [9.17, 15) is 18.0 Å². The van der Waals surface area contributed by atoms with E-state index in [2.05, 4.69) is 15.5 Å². The molecule has 0 saturated heterocycles. The van der Waals surface area contributed by atoms with E-state index >= 15 is 0 Å². The van der Waals surface area contributed by atoms with Crippen molar-refractivity contribution in [2.75, 3.05) is 5.32 Å². The first-order valence-corrected chi connectivity index (χ1v) is 6.82. The Hall–Kier alpha value is -1.90. The molecule has 9 heteroatoms. The van der Waals surface area contributed by atoms with E-state index in [1.165, 1.54) is 0 Å². The van der Waals surface area contributed by atoms with Gasteiger partial charge in [0.05, 0.1) is 5.56 Å². The summed E-state index contributed by atoms with van der Waals surface area (Å²) in [5, 5.41) is 7.27. The second-order valence-electron chi connectivity index (χ2n) is 4.64. The number of carbonyl (C=O) groups is 1. The molecule has 21 heavy (non-hydrogen) atoms. The van der Waals surface area contributed by atoms with Crippen molar-refractivity contribution in [3.05, 3.63) is 28.2 Å². The molecule has 0 radical (unpaired) electrons. The average molecular weight is 319 g/mol. The van der Waals surface area contributed by atoms with Crippen molar-refractivity contribution in [1.82, 2.24) is 10.2 Å². The van der Waals surface area contributed by atoms with E-state index in [0.717, 1.165) is 0 Å². The van der Waals surface area contributed by atoms with Crippen molar-refractivity contribution in [2.24, 2.45) is 0 Å². The van der Waals surface area contributed by atoms with E-state index in [0.29, 0.717) is 11.5 Å². The second kappa shape index (κ2) is 5.47. The van der Waals surface area contributed by atoms with Crippen LogP contribution in [-0.4, -0.2) is 16.1 Å². The van der Waals surface area contributed by atoms with Gasteiger partial charge in [0.15, 0.2) is 0 Å². The third-order valence-corrected chi connectivity index (χ3v) is 3.52. The van der Waals surface area contributed by atoms with Gasteiger partial charge in [-0.3, -0.25) is 10.1 Å². The molecule has 2 aromatic rings. The van der Waals surface area contributed by atoms with Crippen molar-refractivity contribution in [3.63, 3.8) is 0 Å². The summed E-state index contributed by atoms with van der Waals surface area (Å²) < 4.78 is 42.6. The van der Waals surface area contributed by atoms with Gasteiger partial charge in [0.1, 0.15) is 11.5 Å². The first-order chi connectivity index (χ1) is 9.68. The van der Waals surface area contributed by atoms with Gasteiger partial charge in [0, 0.05) is 5.92 Å². The Balaban J connectivity index is 2.16. The lowest BCUT2D eigenvalue weighted by atomic mass is 10.1. The number of furan rings is 1. The fourth-order valence-corrected chi connectivity index (χ4v) is 2.17. The highest BCUT2D eigenvalue weighted by Crippen LogP contribution is 2.33. The molecule has 0 saturated carbocycles. The highest BCUT2D eigenvalue weighted by Gasteiger charge is 2.36. The van der Waals surface area contributed by atoms with Gasteiger partial charge in [-0.05, 0) is 13.0 Å². The minimum atomic E-state index is -4.57. The second-order valence-corrected chi connectivity index (χ2v) is 5.62. The van der Waals surface area contributed by atoms with Gasteiger partial charge in [-0.2, -0.15) is 13.2 Å². The number of alkyl halides is 3. The maximum Gasteiger partial charge on any atom is 0.445 e. The van der Waals surface area contributed by atoms with Crippen LogP contribution in [0, 0.1) is 6.92 Å². The smallest absolute Gasteiger partial charge is 0.445 e. The van der Waals surface area contributed by atoms with Gasteiger partial charge >= 0.3 is 6.18 Å². The van der Waals surface area contributed by atoms with Crippen LogP contribution in [-0.2, 0) is 6.18 Å².